The minimum Gasteiger partial charge on any atom is -0.355 e. The predicted octanol–water partition coefficient (Wildman–Crippen LogP) is 3.30. The van der Waals surface area contributed by atoms with Gasteiger partial charge in [-0.2, -0.15) is 0 Å². The zero-order valence-electron chi connectivity index (χ0n) is 9.94. The van der Waals surface area contributed by atoms with E-state index < -0.39 is 18.2 Å². The summed E-state index contributed by atoms with van der Waals surface area (Å²) < 4.78 is 28.9. The van der Waals surface area contributed by atoms with E-state index in [1.54, 1.807) is 5.38 Å². The van der Waals surface area contributed by atoms with Crippen LogP contribution >= 0.6 is 11.3 Å². The van der Waals surface area contributed by atoms with Crippen molar-refractivity contribution in [1.29, 1.82) is 0 Å². The summed E-state index contributed by atoms with van der Waals surface area (Å²) in [6, 6.07) is 0.684. The van der Waals surface area contributed by atoms with Crippen molar-refractivity contribution < 1.29 is 18.1 Å². The predicted molar refractivity (Wildman–Crippen MR) is 66.4 cm³/mol. The van der Waals surface area contributed by atoms with Crippen LogP contribution in [0.4, 0.5) is 19.3 Å². The van der Waals surface area contributed by atoms with Gasteiger partial charge in [-0.25, -0.2) is 13.6 Å². The van der Waals surface area contributed by atoms with E-state index in [1.165, 1.54) is 11.3 Å². The van der Waals surface area contributed by atoms with Crippen LogP contribution < -0.4 is 10.6 Å². The first-order valence-corrected chi connectivity index (χ1v) is 6.32. The molecule has 2 aromatic rings. The number of urea groups is 1. The number of anilines is 1. The number of hydrogen-bond donors (Lipinski definition) is 2. The number of nitrogens with zero attached hydrogens (tertiary/aromatic N) is 1. The average molecular weight is 287 g/mol. The normalized spacial score (nSPS) is 10.7. The van der Waals surface area contributed by atoms with Crippen molar-refractivity contribution >= 4 is 23.1 Å². The molecule has 0 saturated carbocycles. The maximum Gasteiger partial charge on any atom is 0.319 e. The number of rotatable bonds is 4. The molecule has 0 radical (unpaired) electrons. The molecule has 2 N–H and O–H groups in total. The number of carbonyl (C=O) groups excluding carboxylic acids is 1. The molecule has 2 amide bonds. The molecule has 0 atom stereocenters. The Morgan fingerprint density at radius 3 is 2.89 bits per heavy atom. The molecular formula is C11H11F2N3O2S. The average Bonchev–Trinajstić information content (AvgIpc) is 2.97. The van der Waals surface area contributed by atoms with Crippen molar-refractivity contribution in [2.45, 2.75) is 19.9 Å². The fourth-order valence-electron chi connectivity index (χ4n) is 1.34. The number of nitrogens with one attached hydrogen (secondary N) is 2. The molecule has 0 bridgehead atoms. The van der Waals surface area contributed by atoms with Gasteiger partial charge >= 0.3 is 6.03 Å². The lowest BCUT2D eigenvalue weighted by Crippen LogP contribution is -2.28. The summed E-state index contributed by atoms with van der Waals surface area (Å²) >= 11 is 1.48. The van der Waals surface area contributed by atoms with Crippen LogP contribution in [-0.2, 0) is 6.54 Å². The van der Waals surface area contributed by atoms with Gasteiger partial charge in [0, 0.05) is 11.4 Å². The van der Waals surface area contributed by atoms with Gasteiger partial charge in [0.2, 0.25) is 5.76 Å². The molecule has 2 aromatic heterocycles. The van der Waals surface area contributed by atoms with Crippen LogP contribution in [0.5, 0.6) is 0 Å². The van der Waals surface area contributed by atoms with E-state index in [2.05, 4.69) is 20.3 Å². The summed E-state index contributed by atoms with van der Waals surface area (Å²) in [6.45, 7) is 1.89. The second kappa shape index (κ2) is 5.79. The van der Waals surface area contributed by atoms with Crippen LogP contribution in [0.25, 0.3) is 0 Å². The highest BCUT2D eigenvalue weighted by molar-refractivity contribution is 7.08. The number of hydrogen-bond acceptors (Lipinski definition) is 4. The van der Waals surface area contributed by atoms with Crippen LogP contribution in [0.3, 0.4) is 0 Å². The quantitative estimate of drug-likeness (QED) is 0.906. The van der Waals surface area contributed by atoms with E-state index in [4.69, 9.17) is 0 Å². The van der Waals surface area contributed by atoms with Gasteiger partial charge in [-0.05, 0) is 17.9 Å². The largest absolute Gasteiger partial charge is 0.355 e. The van der Waals surface area contributed by atoms with Crippen molar-refractivity contribution in [1.82, 2.24) is 10.5 Å². The fraction of sp³-hybridized carbons (Fsp3) is 0.273. The van der Waals surface area contributed by atoms with Crippen molar-refractivity contribution in [3.63, 3.8) is 0 Å². The monoisotopic (exact) mass is 287 g/mol. The van der Waals surface area contributed by atoms with E-state index in [9.17, 15) is 13.6 Å². The number of aryl methyl sites for hydroxylation is 1. The standard InChI is InChI=1S/C11H11F2N3O2S/c1-6-4-19-5-8(6)15-11(17)14-3-7-2-9(10(12)13)18-16-7/h2,4-5,10H,3H2,1H3,(H2,14,15,17). The number of amides is 2. The highest BCUT2D eigenvalue weighted by Crippen LogP contribution is 2.20. The molecule has 0 saturated heterocycles. The summed E-state index contributed by atoms with van der Waals surface area (Å²) in [5.41, 5.74) is 1.92. The lowest BCUT2D eigenvalue weighted by atomic mass is 10.3. The molecule has 2 rings (SSSR count). The van der Waals surface area contributed by atoms with Gasteiger partial charge in [-0.3, -0.25) is 0 Å². The van der Waals surface area contributed by atoms with Crippen molar-refractivity contribution in [3.8, 4) is 0 Å². The van der Waals surface area contributed by atoms with Gasteiger partial charge in [0.05, 0.1) is 12.2 Å². The van der Waals surface area contributed by atoms with Crippen molar-refractivity contribution in [2.75, 3.05) is 5.32 Å². The zero-order valence-corrected chi connectivity index (χ0v) is 10.8. The highest BCUT2D eigenvalue weighted by Gasteiger charge is 2.14. The lowest BCUT2D eigenvalue weighted by Gasteiger charge is -2.05. The molecule has 8 heteroatoms. The Labute approximate surface area is 111 Å². The molecule has 0 spiro atoms. The lowest BCUT2D eigenvalue weighted by molar-refractivity contribution is 0.112. The van der Waals surface area contributed by atoms with Gasteiger partial charge in [-0.1, -0.05) is 5.16 Å². The first-order valence-electron chi connectivity index (χ1n) is 5.37. The summed E-state index contributed by atoms with van der Waals surface area (Å²) in [6.07, 6.45) is -2.71. The van der Waals surface area contributed by atoms with E-state index in [-0.39, 0.29) is 12.2 Å². The minimum absolute atomic E-state index is 0.0191. The molecular weight excluding hydrogens is 276 g/mol. The molecule has 0 aliphatic carbocycles. The Morgan fingerprint density at radius 2 is 2.32 bits per heavy atom. The Hall–Kier alpha value is -1.96. The Kier molecular flexibility index (Phi) is 4.10. The third kappa shape index (κ3) is 3.50. The number of halogens is 2. The molecule has 102 valence electrons. The molecule has 0 unspecified atom stereocenters. The van der Waals surface area contributed by atoms with Gasteiger partial charge in [0.1, 0.15) is 5.69 Å². The minimum atomic E-state index is -2.71. The Bertz CT molecular complexity index is 568. The number of carbonyl (C=O) groups is 1. The first kappa shape index (κ1) is 13.5. The molecule has 2 heterocycles. The zero-order chi connectivity index (χ0) is 13.8. The molecule has 0 aliphatic rings. The molecule has 19 heavy (non-hydrogen) atoms. The van der Waals surface area contributed by atoms with Crippen LogP contribution in [-0.4, -0.2) is 11.2 Å². The Morgan fingerprint density at radius 1 is 1.53 bits per heavy atom. The maximum atomic E-state index is 12.2. The maximum absolute atomic E-state index is 12.2. The van der Waals surface area contributed by atoms with E-state index in [1.807, 2.05) is 12.3 Å². The SMILES string of the molecule is Cc1cscc1NC(=O)NCc1cc(C(F)F)on1. The first-order chi connectivity index (χ1) is 9.06. The van der Waals surface area contributed by atoms with Crippen LogP contribution in [0.15, 0.2) is 21.3 Å². The molecule has 0 aromatic carbocycles. The van der Waals surface area contributed by atoms with E-state index >= 15 is 0 Å². The molecule has 0 fully saturated rings. The van der Waals surface area contributed by atoms with Crippen molar-refractivity contribution in [3.05, 3.63) is 33.8 Å². The number of aromatic nitrogens is 1. The summed E-state index contributed by atoms with van der Waals surface area (Å²) in [5, 5.41) is 12.3. The van der Waals surface area contributed by atoms with Crippen molar-refractivity contribution in [2.24, 2.45) is 0 Å². The van der Waals surface area contributed by atoms with Gasteiger partial charge in [-0.15, -0.1) is 11.3 Å². The fourth-order valence-corrected chi connectivity index (χ4v) is 2.12. The number of thiophene rings is 1. The third-order valence-corrected chi connectivity index (χ3v) is 3.19. The molecule has 5 nitrogen and oxygen atoms in total. The van der Waals surface area contributed by atoms with Gasteiger partial charge in [0.25, 0.3) is 6.43 Å². The summed E-state index contributed by atoms with van der Waals surface area (Å²) in [7, 11) is 0. The second-order valence-electron chi connectivity index (χ2n) is 3.80. The van der Waals surface area contributed by atoms with E-state index in [0.717, 1.165) is 17.3 Å². The summed E-state index contributed by atoms with van der Waals surface area (Å²) in [5.74, 6) is -0.508. The summed E-state index contributed by atoms with van der Waals surface area (Å²) in [4.78, 5) is 11.6. The van der Waals surface area contributed by atoms with Gasteiger partial charge in [0.15, 0.2) is 0 Å². The smallest absolute Gasteiger partial charge is 0.319 e. The molecule has 0 aliphatic heterocycles. The number of alkyl halides is 2. The van der Waals surface area contributed by atoms with Crippen LogP contribution in [0, 0.1) is 6.92 Å². The van der Waals surface area contributed by atoms with Crippen LogP contribution in [0.2, 0.25) is 0 Å². The van der Waals surface area contributed by atoms with Crippen LogP contribution in [0.1, 0.15) is 23.4 Å². The second-order valence-corrected chi connectivity index (χ2v) is 4.54. The topological polar surface area (TPSA) is 67.2 Å². The Balaban J connectivity index is 1.84. The van der Waals surface area contributed by atoms with E-state index in [0.29, 0.717) is 0 Å². The highest BCUT2D eigenvalue weighted by atomic mass is 32.1. The van der Waals surface area contributed by atoms with Gasteiger partial charge < -0.3 is 15.2 Å². The third-order valence-electron chi connectivity index (χ3n) is 2.33.